The third-order valence-electron chi connectivity index (χ3n) is 4.74. The molecule has 1 rings (SSSR count). The van der Waals surface area contributed by atoms with E-state index in [0.717, 1.165) is 0 Å². The zero-order valence-corrected chi connectivity index (χ0v) is 14.9. The minimum absolute atomic E-state index is 0.0295. The van der Waals surface area contributed by atoms with Gasteiger partial charge in [-0.2, -0.15) is 57.1 Å². The summed E-state index contributed by atoms with van der Waals surface area (Å²) in [5.41, 5.74) is -3.51. The molecular formula is C15H14F13NO. The van der Waals surface area contributed by atoms with Crippen LogP contribution in [0.1, 0.15) is 26.2 Å². The van der Waals surface area contributed by atoms with Crippen molar-refractivity contribution < 1.29 is 61.9 Å². The first-order valence-electron chi connectivity index (χ1n) is 8.04. The van der Waals surface area contributed by atoms with Gasteiger partial charge in [0.1, 0.15) is 5.54 Å². The zero-order chi connectivity index (χ0) is 24.2. The van der Waals surface area contributed by atoms with E-state index in [1.165, 1.54) is 6.92 Å². The van der Waals surface area contributed by atoms with Crippen LogP contribution in [0.15, 0.2) is 12.7 Å². The number of rotatable bonds is 9. The molecule has 176 valence electrons. The molecule has 1 atom stereocenters. The van der Waals surface area contributed by atoms with Crippen molar-refractivity contribution in [1.29, 1.82) is 0 Å². The van der Waals surface area contributed by atoms with Gasteiger partial charge in [-0.15, -0.1) is 0 Å². The normalized spacial score (nSPS) is 21.6. The first-order valence-corrected chi connectivity index (χ1v) is 8.04. The highest BCUT2D eigenvalue weighted by atomic mass is 19.4. The lowest BCUT2D eigenvalue weighted by molar-refractivity contribution is -0.442. The third-order valence-corrected chi connectivity index (χ3v) is 4.74. The van der Waals surface area contributed by atoms with E-state index in [1.807, 2.05) is 0 Å². The third kappa shape index (κ3) is 3.22. The van der Waals surface area contributed by atoms with Crippen molar-refractivity contribution in [2.24, 2.45) is 0 Å². The summed E-state index contributed by atoms with van der Waals surface area (Å²) in [7, 11) is 0. The van der Waals surface area contributed by atoms with Gasteiger partial charge in [-0.05, 0) is 12.5 Å². The average molecular weight is 471 g/mol. The SMILES string of the molecule is C=CC(=O)N1CC1(CCCC)C(F)(F)C(F)(F)C(F)(F)C(F)(F)C(F)(F)C(F)(F)F. The monoisotopic (exact) mass is 471 g/mol. The number of amides is 1. The van der Waals surface area contributed by atoms with Gasteiger partial charge in [-0.1, -0.05) is 26.3 Å². The largest absolute Gasteiger partial charge is 0.460 e. The van der Waals surface area contributed by atoms with Gasteiger partial charge < -0.3 is 4.90 Å². The minimum Gasteiger partial charge on any atom is -0.323 e. The summed E-state index contributed by atoms with van der Waals surface area (Å²) in [4.78, 5) is 11.4. The fourth-order valence-corrected chi connectivity index (χ4v) is 2.80. The van der Waals surface area contributed by atoms with Gasteiger partial charge in [0, 0.05) is 0 Å². The summed E-state index contributed by atoms with van der Waals surface area (Å²) >= 11 is 0. The van der Waals surface area contributed by atoms with Crippen LogP contribution >= 0.6 is 0 Å². The summed E-state index contributed by atoms with van der Waals surface area (Å²) in [5, 5.41) is 0. The van der Waals surface area contributed by atoms with Crippen LogP contribution in [0.3, 0.4) is 0 Å². The number of unbranched alkanes of at least 4 members (excludes halogenated alkanes) is 1. The number of halogens is 13. The molecule has 1 heterocycles. The Hall–Kier alpha value is -1.70. The lowest BCUT2D eigenvalue weighted by Crippen LogP contribution is -2.72. The number of carbonyl (C=O) groups is 1. The van der Waals surface area contributed by atoms with E-state index >= 15 is 0 Å². The Morgan fingerprint density at radius 2 is 1.30 bits per heavy atom. The number of carbonyl (C=O) groups excluding carboxylic acids is 1. The lowest BCUT2D eigenvalue weighted by atomic mass is 9.84. The minimum atomic E-state index is -7.96. The van der Waals surface area contributed by atoms with Crippen LogP contribution in [0, 0.1) is 0 Å². The van der Waals surface area contributed by atoms with Crippen molar-refractivity contribution in [2.45, 2.75) is 67.5 Å². The Kier molecular flexibility index (Phi) is 6.30. The molecule has 0 radical (unpaired) electrons. The Bertz CT molecular complexity index is 685. The maximum Gasteiger partial charge on any atom is 0.460 e. The molecule has 1 fully saturated rings. The van der Waals surface area contributed by atoms with E-state index < -0.39 is 66.6 Å². The molecule has 0 spiro atoms. The molecule has 1 aliphatic rings. The van der Waals surface area contributed by atoms with Crippen molar-refractivity contribution in [3.05, 3.63) is 12.7 Å². The highest BCUT2D eigenvalue weighted by Gasteiger charge is 2.94. The highest BCUT2D eigenvalue weighted by molar-refractivity contribution is 5.90. The smallest absolute Gasteiger partial charge is 0.323 e. The predicted molar refractivity (Wildman–Crippen MR) is 75.0 cm³/mol. The Morgan fingerprint density at radius 1 is 0.867 bits per heavy atom. The quantitative estimate of drug-likeness (QED) is 0.241. The molecule has 0 N–H and O–H groups in total. The van der Waals surface area contributed by atoms with Crippen molar-refractivity contribution >= 4 is 5.91 Å². The summed E-state index contributed by atoms with van der Waals surface area (Å²) < 4.78 is 173. The molecule has 1 unspecified atom stereocenters. The van der Waals surface area contributed by atoms with E-state index in [-0.39, 0.29) is 11.3 Å². The molecular weight excluding hydrogens is 457 g/mol. The second-order valence-electron chi connectivity index (χ2n) is 6.63. The zero-order valence-electron chi connectivity index (χ0n) is 14.9. The maximum atomic E-state index is 14.5. The Labute approximate surface area is 160 Å². The van der Waals surface area contributed by atoms with Gasteiger partial charge in [0.25, 0.3) is 0 Å². The topological polar surface area (TPSA) is 20.1 Å². The second kappa shape index (κ2) is 7.18. The van der Waals surface area contributed by atoms with E-state index in [2.05, 4.69) is 6.58 Å². The van der Waals surface area contributed by atoms with E-state index in [0.29, 0.717) is 6.08 Å². The van der Waals surface area contributed by atoms with Crippen LogP contribution in [0.5, 0.6) is 0 Å². The number of hydrogen-bond acceptors (Lipinski definition) is 1. The first kappa shape index (κ1) is 26.3. The molecule has 2 nitrogen and oxygen atoms in total. The van der Waals surface area contributed by atoms with Crippen LogP contribution in [0.2, 0.25) is 0 Å². The van der Waals surface area contributed by atoms with Gasteiger partial charge in [0.2, 0.25) is 5.91 Å². The molecule has 0 saturated carbocycles. The van der Waals surface area contributed by atoms with Crippen LogP contribution in [0.25, 0.3) is 0 Å². The van der Waals surface area contributed by atoms with E-state index in [9.17, 15) is 61.9 Å². The van der Waals surface area contributed by atoms with Crippen LogP contribution < -0.4 is 0 Å². The highest BCUT2D eigenvalue weighted by Crippen LogP contribution is 2.65. The van der Waals surface area contributed by atoms with Crippen LogP contribution in [-0.2, 0) is 4.79 Å². The van der Waals surface area contributed by atoms with Gasteiger partial charge in [-0.25, -0.2) is 0 Å². The average Bonchev–Trinajstić information content (AvgIpc) is 3.34. The standard InChI is InChI=1S/C15H14F13NO/c1-3-5-6-9(7-29(9)8(30)4-2)10(16,17)11(18,19)12(20,21)13(22,23)14(24,25)15(26,27)28/h4H,2-3,5-7H2,1H3. The Morgan fingerprint density at radius 3 is 1.67 bits per heavy atom. The summed E-state index contributed by atoms with van der Waals surface area (Å²) in [6, 6.07) is 0. The molecule has 15 heteroatoms. The predicted octanol–water partition coefficient (Wildman–Crippen LogP) is 5.68. The van der Waals surface area contributed by atoms with Crippen LogP contribution in [0.4, 0.5) is 57.1 Å². The summed E-state index contributed by atoms with van der Waals surface area (Å²) in [6.07, 6.45) is -8.75. The number of nitrogens with zero attached hydrogens (tertiary/aromatic N) is 1. The number of hydrogen-bond donors (Lipinski definition) is 0. The van der Waals surface area contributed by atoms with Gasteiger partial charge in [0.05, 0.1) is 6.54 Å². The number of alkyl halides is 13. The van der Waals surface area contributed by atoms with Crippen molar-refractivity contribution in [1.82, 2.24) is 4.90 Å². The maximum absolute atomic E-state index is 14.5. The Balaban J connectivity index is 3.58. The molecule has 30 heavy (non-hydrogen) atoms. The summed E-state index contributed by atoms with van der Waals surface area (Å²) in [5.74, 6) is -38.8. The molecule has 0 aromatic heterocycles. The van der Waals surface area contributed by atoms with Gasteiger partial charge >= 0.3 is 35.8 Å². The molecule has 1 saturated heterocycles. The van der Waals surface area contributed by atoms with Crippen molar-refractivity contribution in [3.8, 4) is 0 Å². The first-order chi connectivity index (χ1) is 13.1. The second-order valence-corrected chi connectivity index (χ2v) is 6.63. The molecule has 0 aliphatic carbocycles. The summed E-state index contributed by atoms with van der Waals surface area (Å²) in [6.45, 7) is 2.80. The van der Waals surface area contributed by atoms with Crippen molar-refractivity contribution in [2.75, 3.05) is 6.54 Å². The fourth-order valence-electron chi connectivity index (χ4n) is 2.80. The molecule has 0 bridgehead atoms. The van der Waals surface area contributed by atoms with Gasteiger partial charge in [0.15, 0.2) is 0 Å². The fraction of sp³-hybridized carbons (Fsp3) is 0.800. The molecule has 0 aromatic rings. The van der Waals surface area contributed by atoms with Crippen molar-refractivity contribution in [3.63, 3.8) is 0 Å². The lowest BCUT2D eigenvalue weighted by Gasteiger charge is -2.42. The van der Waals surface area contributed by atoms with E-state index in [1.54, 1.807) is 0 Å². The van der Waals surface area contributed by atoms with E-state index in [4.69, 9.17) is 0 Å². The molecule has 0 aromatic carbocycles. The van der Waals surface area contributed by atoms with Gasteiger partial charge in [-0.3, -0.25) is 4.79 Å². The molecule has 1 aliphatic heterocycles. The molecule has 1 amide bonds. The van der Waals surface area contributed by atoms with Crippen LogP contribution in [-0.4, -0.2) is 58.7 Å².